The van der Waals surface area contributed by atoms with Crippen LogP contribution in [0.4, 0.5) is 5.95 Å². The first kappa shape index (κ1) is 21.6. The monoisotopic (exact) mass is 447 g/mol. The van der Waals surface area contributed by atoms with E-state index in [0.717, 1.165) is 56.1 Å². The highest BCUT2D eigenvalue weighted by Crippen LogP contribution is 2.40. The van der Waals surface area contributed by atoms with Crippen LogP contribution in [0.3, 0.4) is 0 Å². The molecule has 0 aromatic carbocycles. The third-order valence-corrected chi connectivity index (χ3v) is 8.42. The third-order valence-electron chi connectivity index (χ3n) is 7.47. The molecule has 2 saturated heterocycles. The average molecular weight is 448 g/mol. The Morgan fingerprint density at radius 3 is 2.58 bits per heavy atom. The molecule has 31 heavy (non-hydrogen) atoms. The van der Waals surface area contributed by atoms with Crippen LogP contribution in [0, 0.1) is 11.8 Å². The van der Waals surface area contributed by atoms with Crippen molar-refractivity contribution in [3.63, 3.8) is 0 Å². The molecule has 4 fully saturated rings. The number of rotatable bonds is 9. The summed E-state index contributed by atoms with van der Waals surface area (Å²) < 4.78 is 8.16. The molecule has 172 valence electrons. The molecule has 2 unspecified atom stereocenters. The molecule has 0 spiro atoms. The molecule has 0 N–H and O–H groups in total. The summed E-state index contributed by atoms with van der Waals surface area (Å²) in [6.45, 7) is 8.27. The van der Waals surface area contributed by atoms with Gasteiger partial charge in [0.15, 0.2) is 5.16 Å². The Bertz CT molecular complexity index is 764. The molecule has 7 nitrogen and oxygen atoms in total. The number of piperidine rings is 1. The van der Waals surface area contributed by atoms with Crippen LogP contribution in [-0.2, 0) is 16.1 Å². The summed E-state index contributed by atoms with van der Waals surface area (Å²) >= 11 is 1.56. The van der Waals surface area contributed by atoms with Crippen LogP contribution in [0.2, 0.25) is 0 Å². The van der Waals surface area contributed by atoms with E-state index in [4.69, 9.17) is 4.74 Å². The van der Waals surface area contributed by atoms with Crippen molar-refractivity contribution in [3.05, 3.63) is 0 Å². The zero-order valence-electron chi connectivity index (χ0n) is 19.0. The van der Waals surface area contributed by atoms with Gasteiger partial charge in [-0.05, 0) is 70.1 Å². The number of carbonyl (C=O) groups is 1. The smallest absolute Gasteiger partial charge is 0.233 e. The van der Waals surface area contributed by atoms with E-state index < -0.39 is 0 Å². The van der Waals surface area contributed by atoms with E-state index in [-0.39, 0.29) is 12.0 Å². The number of ether oxygens (including phenoxy) is 1. The van der Waals surface area contributed by atoms with Crippen LogP contribution >= 0.6 is 11.8 Å². The minimum Gasteiger partial charge on any atom is -0.376 e. The fraction of sp³-hybridized carbons (Fsp3) is 0.870. The van der Waals surface area contributed by atoms with Gasteiger partial charge in [-0.3, -0.25) is 9.36 Å². The lowest BCUT2D eigenvalue weighted by Gasteiger charge is -2.31. The highest BCUT2D eigenvalue weighted by atomic mass is 32.2. The number of thioether (sulfide) groups is 1. The number of anilines is 1. The molecule has 0 radical (unpaired) electrons. The third kappa shape index (κ3) is 5.05. The van der Waals surface area contributed by atoms with E-state index in [1.807, 2.05) is 0 Å². The minimum absolute atomic E-state index is 0.228. The molecule has 4 aliphatic rings. The highest BCUT2D eigenvalue weighted by Gasteiger charge is 2.41. The number of nitrogens with zero attached hydrogens (tertiary/aromatic N) is 5. The second-order valence-corrected chi connectivity index (χ2v) is 11.0. The van der Waals surface area contributed by atoms with E-state index in [1.54, 1.807) is 11.8 Å². The van der Waals surface area contributed by atoms with Crippen LogP contribution in [0.15, 0.2) is 5.16 Å². The summed E-state index contributed by atoms with van der Waals surface area (Å²) in [6, 6.07) is 0.857. The van der Waals surface area contributed by atoms with Crippen LogP contribution in [-0.4, -0.2) is 69.2 Å². The van der Waals surface area contributed by atoms with Gasteiger partial charge in [0, 0.05) is 31.8 Å². The van der Waals surface area contributed by atoms with Gasteiger partial charge >= 0.3 is 0 Å². The summed E-state index contributed by atoms with van der Waals surface area (Å²) in [5, 5.41) is 10.0. The zero-order valence-corrected chi connectivity index (χ0v) is 19.9. The molecule has 8 heteroatoms. The Kier molecular flexibility index (Phi) is 6.47. The van der Waals surface area contributed by atoms with Crippen molar-refractivity contribution in [1.29, 1.82) is 0 Å². The first-order valence-electron chi connectivity index (χ1n) is 12.3. The van der Waals surface area contributed by atoms with Crippen LogP contribution in [0.5, 0.6) is 0 Å². The van der Waals surface area contributed by atoms with Gasteiger partial charge in [0.05, 0.1) is 18.4 Å². The van der Waals surface area contributed by atoms with Gasteiger partial charge in [-0.15, -0.1) is 10.2 Å². The van der Waals surface area contributed by atoms with E-state index in [9.17, 15) is 4.79 Å². The van der Waals surface area contributed by atoms with Crippen molar-refractivity contribution < 1.29 is 9.53 Å². The highest BCUT2D eigenvalue weighted by molar-refractivity contribution is 7.99. The maximum absolute atomic E-state index is 13.2. The van der Waals surface area contributed by atoms with Gasteiger partial charge in [-0.1, -0.05) is 18.7 Å². The first-order chi connectivity index (χ1) is 15.1. The lowest BCUT2D eigenvalue weighted by Crippen LogP contribution is -2.42. The Labute approximate surface area is 190 Å². The molecular formula is C23H37N5O2S. The Morgan fingerprint density at radius 2 is 1.94 bits per heavy atom. The second-order valence-electron chi connectivity index (χ2n) is 10.1. The van der Waals surface area contributed by atoms with Crippen molar-refractivity contribution in [3.8, 4) is 0 Å². The van der Waals surface area contributed by atoms with E-state index in [2.05, 4.69) is 38.4 Å². The predicted molar refractivity (Wildman–Crippen MR) is 122 cm³/mol. The molecule has 0 bridgehead atoms. The van der Waals surface area contributed by atoms with Crippen molar-refractivity contribution >= 4 is 23.6 Å². The van der Waals surface area contributed by atoms with Gasteiger partial charge < -0.3 is 14.5 Å². The molecule has 2 aliphatic carbocycles. The Balaban J connectivity index is 1.28. The van der Waals surface area contributed by atoms with Crippen LogP contribution < -0.4 is 4.90 Å². The summed E-state index contributed by atoms with van der Waals surface area (Å²) in [7, 11) is 0. The van der Waals surface area contributed by atoms with Gasteiger partial charge in [0.2, 0.25) is 11.9 Å². The molecular weight excluding hydrogens is 410 g/mol. The van der Waals surface area contributed by atoms with Gasteiger partial charge in [-0.2, -0.15) is 0 Å². The molecule has 1 aromatic heterocycles. The largest absolute Gasteiger partial charge is 0.376 e. The van der Waals surface area contributed by atoms with Crippen molar-refractivity contribution in [2.24, 2.45) is 11.8 Å². The summed E-state index contributed by atoms with van der Waals surface area (Å²) in [5.74, 6) is 3.17. The first-order valence-corrected chi connectivity index (χ1v) is 13.3. The summed E-state index contributed by atoms with van der Waals surface area (Å²) in [4.78, 5) is 17.8. The Hall–Kier alpha value is -1.28. The number of hydrogen-bond acceptors (Lipinski definition) is 6. The number of aromatic nitrogens is 3. The van der Waals surface area contributed by atoms with E-state index in [1.165, 1.54) is 38.5 Å². The molecule has 1 amide bonds. The maximum atomic E-state index is 13.2. The lowest BCUT2D eigenvalue weighted by molar-refractivity contribution is -0.131. The van der Waals surface area contributed by atoms with Crippen LogP contribution in [0.25, 0.3) is 0 Å². The number of hydrogen-bond donors (Lipinski definition) is 0. The molecule has 2 saturated carbocycles. The fourth-order valence-electron chi connectivity index (χ4n) is 5.10. The number of carbonyl (C=O) groups excluding carboxylic acids is 1. The van der Waals surface area contributed by atoms with Crippen molar-refractivity contribution in [1.82, 2.24) is 19.7 Å². The van der Waals surface area contributed by atoms with Crippen LogP contribution in [0.1, 0.15) is 65.2 Å². The fourth-order valence-corrected chi connectivity index (χ4v) is 5.92. The quantitative estimate of drug-likeness (QED) is 0.539. The lowest BCUT2D eigenvalue weighted by atomic mass is 10.00. The number of amides is 1. The topological polar surface area (TPSA) is 63.5 Å². The van der Waals surface area contributed by atoms with Gasteiger partial charge in [0.1, 0.15) is 0 Å². The average Bonchev–Trinajstić information content (AvgIpc) is 3.69. The summed E-state index contributed by atoms with van der Waals surface area (Å²) in [6.07, 6.45) is 9.72. The SMILES string of the molecule is CC1CCN(c2nnc(SCC(=O)N(C3CC3)C(C)C3CC3)n2CC2CCCO2)CC1. The molecule has 1 aromatic rings. The normalized spacial score (nSPS) is 25.7. The van der Waals surface area contributed by atoms with Crippen molar-refractivity contribution in [2.45, 2.75) is 95.1 Å². The second kappa shape index (κ2) is 9.30. The van der Waals surface area contributed by atoms with E-state index in [0.29, 0.717) is 23.8 Å². The van der Waals surface area contributed by atoms with Gasteiger partial charge in [0.25, 0.3) is 0 Å². The molecule has 2 atom stereocenters. The maximum Gasteiger partial charge on any atom is 0.233 e. The molecule has 2 aliphatic heterocycles. The Morgan fingerprint density at radius 1 is 1.16 bits per heavy atom. The minimum atomic E-state index is 0.228. The standard InChI is InChI=1S/C23H37N5O2S/c1-16-9-11-26(12-10-16)22-24-25-23(27(22)14-20-4-3-13-30-20)31-15-21(29)28(19-7-8-19)17(2)18-5-6-18/h16-20H,3-15H2,1-2H3. The molecule has 5 rings (SSSR count). The van der Waals surface area contributed by atoms with E-state index >= 15 is 0 Å². The summed E-state index contributed by atoms with van der Waals surface area (Å²) in [5.41, 5.74) is 0. The molecule has 3 heterocycles. The van der Waals surface area contributed by atoms with Gasteiger partial charge in [-0.25, -0.2) is 0 Å². The van der Waals surface area contributed by atoms with Crippen molar-refractivity contribution in [2.75, 3.05) is 30.3 Å². The predicted octanol–water partition coefficient (Wildman–Crippen LogP) is 3.58. The zero-order chi connectivity index (χ0) is 21.4.